The fourth-order valence-electron chi connectivity index (χ4n) is 1.08. The third kappa shape index (κ3) is 8.61. The number of carboxylic acids is 1. The van der Waals surface area contributed by atoms with E-state index in [1.807, 2.05) is 0 Å². The summed E-state index contributed by atoms with van der Waals surface area (Å²) in [5.74, 6) is -1.38. The summed E-state index contributed by atoms with van der Waals surface area (Å²) in [5.41, 5.74) is 0. The fraction of sp³-hybridized carbons (Fsp3) is 0.800. The van der Waals surface area contributed by atoms with Gasteiger partial charge in [0.25, 0.3) is 0 Å². The fourth-order valence-corrected chi connectivity index (χ4v) is 1.08. The predicted molar refractivity (Wildman–Crippen MR) is 58.8 cm³/mol. The predicted octanol–water partition coefficient (Wildman–Crippen LogP) is -0.791. The molecule has 0 aromatic carbocycles. The van der Waals surface area contributed by atoms with E-state index < -0.39 is 12.6 Å². The van der Waals surface area contributed by atoms with Crippen molar-refractivity contribution in [1.29, 1.82) is 0 Å². The van der Waals surface area contributed by atoms with Crippen molar-refractivity contribution >= 4 is 11.9 Å². The Morgan fingerprint density at radius 3 is 2.00 bits per heavy atom. The monoisotopic (exact) mass is 249 g/mol. The summed E-state index contributed by atoms with van der Waals surface area (Å²) in [7, 11) is 3.08. The molecular weight excluding hydrogens is 230 g/mol. The first-order chi connectivity index (χ1) is 8.11. The van der Waals surface area contributed by atoms with Crippen molar-refractivity contribution < 1.29 is 28.9 Å². The molecule has 1 amide bonds. The van der Waals surface area contributed by atoms with E-state index in [4.69, 9.17) is 19.3 Å². The Bertz CT molecular complexity index is 225. The minimum absolute atomic E-state index is 0.250. The molecule has 0 heterocycles. The number of carbonyl (C=O) groups is 2. The zero-order chi connectivity index (χ0) is 13.1. The Morgan fingerprint density at radius 1 is 1.06 bits per heavy atom. The normalized spacial score (nSPS) is 10.2. The molecule has 7 heteroatoms. The number of carbonyl (C=O) groups excluding carboxylic acids is 1. The molecule has 0 fully saturated rings. The molecule has 100 valence electrons. The van der Waals surface area contributed by atoms with Gasteiger partial charge in [0, 0.05) is 27.3 Å². The molecule has 0 aromatic heterocycles. The lowest BCUT2D eigenvalue weighted by molar-refractivity contribution is -0.146. The first-order valence-corrected chi connectivity index (χ1v) is 5.17. The van der Waals surface area contributed by atoms with Gasteiger partial charge >= 0.3 is 5.97 Å². The van der Waals surface area contributed by atoms with Crippen LogP contribution in [0, 0.1) is 0 Å². The number of hydrogen-bond donors (Lipinski definition) is 1. The number of aliphatic carboxylic acids is 1. The van der Waals surface area contributed by atoms with Crippen molar-refractivity contribution in [3.8, 4) is 0 Å². The van der Waals surface area contributed by atoms with Gasteiger partial charge in [-0.2, -0.15) is 0 Å². The maximum absolute atomic E-state index is 11.6. The molecule has 0 rings (SSSR count). The molecule has 0 aromatic rings. The number of hydrogen-bond acceptors (Lipinski definition) is 5. The van der Waals surface area contributed by atoms with Crippen LogP contribution < -0.4 is 0 Å². The average Bonchev–Trinajstić information content (AvgIpc) is 2.28. The molecule has 0 saturated carbocycles. The van der Waals surface area contributed by atoms with E-state index in [9.17, 15) is 9.59 Å². The van der Waals surface area contributed by atoms with Crippen molar-refractivity contribution in [2.75, 3.05) is 53.7 Å². The van der Waals surface area contributed by atoms with Gasteiger partial charge in [-0.25, -0.2) is 4.79 Å². The molecule has 0 unspecified atom stereocenters. The molecule has 0 spiro atoms. The second kappa shape index (κ2) is 10.0. The zero-order valence-corrected chi connectivity index (χ0v) is 10.2. The van der Waals surface area contributed by atoms with Gasteiger partial charge in [0.2, 0.25) is 5.91 Å². The van der Waals surface area contributed by atoms with E-state index in [1.54, 1.807) is 14.2 Å². The quantitative estimate of drug-likeness (QED) is 0.546. The number of carboxylic acid groups (broad SMARTS) is 1. The molecule has 0 aliphatic carbocycles. The van der Waals surface area contributed by atoms with Gasteiger partial charge in [-0.15, -0.1) is 0 Å². The third-order valence-corrected chi connectivity index (χ3v) is 1.93. The Hall–Kier alpha value is -1.18. The molecule has 0 atom stereocenters. The van der Waals surface area contributed by atoms with E-state index in [0.29, 0.717) is 26.3 Å². The molecule has 0 aliphatic heterocycles. The number of methoxy groups -OCH3 is 2. The van der Waals surface area contributed by atoms with Crippen LogP contribution in [0.25, 0.3) is 0 Å². The minimum Gasteiger partial charge on any atom is -0.480 e. The van der Waals surface area contributed by atoms with Crippen molar-refractivity contribution in [3.05, 3.63) is 0 Å². The van der Waals surface area contributed by atoms with Gasteiger partial charge < -0.3 is 24.2 Å². The molecule has 0 aliphatic rings. The summed E-state index contributed by atoms with van der Waals surface area (Å²) >= 11 is 0. The van der Waals surface area contributed by atoms with Crippen LogP contribution in [0.2, 0.25) is 0 Å². The Balaban J connectivity index is 3.97. The third-order valence-electron chi connectivity index (χ3n) is 1.93. The van der Waals surface area contributed by atoms with Crippen LogP contribution in [0.15, 0.2) is 0 Å². The number of nitrogens with zero attached hydrogens (tertiary/aromatic N) is 1. The van der Waals surface area contributed by atoms with Crippen molar-refractivity contribution in [2.45, 2.75) is 0 Å². The molecule has 17 heavy (non-hydrogen) atoms. The van der Waals surface area contributed by atoms with Crippen LogP contribution in [0.5, 0.6) is 0 Å². The van der Waals surface area contributed by atoms with Crippen molar-refractivity contribution in [3.63, 3.8) is 0 Å². The highest BCUT2D eigenvalue weighted by molar-refractivity contribution is 5.78. The van der Waals surface area contributed by atoms with Crippen LogP contribution in [0.3, 0.4) is 0 Å². The molecule has 7 nitrogen and oxygen atoms in total. The minimum atomic E-state index is -1.10. The van der Waals surface area contributed by atoms with E-state index >= 15 is 0 Å². The summed E-state index contributed by atoms with van der Waals surface area (Å²) in [6.07, 6.45) is 0. The molecular formula is C10H19NO6. The van der Waals surface area contributed by atoms with Crippen LogP contribution in [-0.4, -0.2) is 75.6 Å². The van der Waals surface area contributed by atoms with Gasteiger partial charge in [0.1, 0.15) is 13.2 Å². The second-order valence-electron chi connectivity index (χ2n) is 3.25. The second-order valence-corrected chi connectivity index (χ2v) is 3.25. The van der Waals surface area contributed by atoms with Crippen LogP contribution in [0.4, 0.5) is 0 Å². The van der Waals surface area contributed by atoms with Crippen LogP contribution in [-0.2, 0) is 23.8 Å². The smallest absolute Gasteiger partial charge is 0.329 e. The summed E-state index contributed by atoms with van der Waals surface area (Å²) in [6, 6.07) is 0. The molecule has 0 bridgehead atoms. The Labute approximate surface area is 100 Å². The molecule has 0 radical (unpaired) electrons. The molecule has 1 N–H and O–H groups in total. The Kier molecular flexibility index (Phi) is 9.31. The number of ether oxygens (including phenoxy) is 3. The lowest BCUT2D eigenvalue weighted by atomic mass is 10.4. The van der Waals surface area contributed by atoms with E-state index in [-0.39, 0.29) is 12.5 Å². The maximum Gasteiger partial charge on any atom is 0.329 e. The average molecular weight is 249 g/mol. The van der Waals surface area contributed by atoms with Crippen LogP contribution in [0.1, 0.15) is 0 Å². The lowest BCUT2D eigenvalue weighted by Gasteiger charge is -2.21. The number of amides is 1. The van der Waals surface area contributed by atoms with Crippen molar-refractivity contribution in [2.24, 2.45) is 0 Å². The summed E-state index contributed by atoms with van der Waals surface area (Å²) in [5, 5.41) is 8.36. The van der Waals surface area contributed by atoms with Gasteiger partial charge in [0.05, 0.1) is 13.2 Å². The van der Waals surface area contributed by atoms with Crippen molar-refractivity contribution in [1.82, 2.24) is 4.90 Å². The van der Waals surface area contributed by atoms with E-state index in [2.05, 4.69) is 0 Å². The maximum atomic E-state index is 11.6. The number of rotatable bonds is 10. The van der Waals surface area contributed by atoms with Gasteiger partial charge in [-0.05, 0) is 0 Å². The van der Waals surface area contributed by atoms with Crippen LogP contribution >= 0.6 is 0 Å². The Morgan fingerprint density at radius 2 is 1.59 bits per heavy atom. The highest BCUT2D eigenvalue weighted by atomic mass is 16.5. The SMILES string of the molecule is COCCN(CCOC)C(=O)COCC(=O)O. The van der Waals surface area contributed by atoms with E-state index in [0.717, 1.165) is 0 Å². The highest BCUT2D eigenvalue weighted by Crippen LogP contribution is 1.92. The largest absolute Gasteiger partial charge is 0.480 e. The topological polar surface area (TPSA) is 85.3 Å². The molecule has 0 saturated heterocycles. The van der Waals surface area contributed by atoms with E-state index in [1.165, 1.54) is 4.90 Å². The van der Waals surface area contributed by atoms with Gasteiger partial charge in [0.15, 0.2) is 0 Å². The first-order valence-electron chi connectivity index (χ1n) is 5.17. The first kappa shape index (κ1) is 15.8. The summed E-state index contributed by atoms with van der Waals surface area (Å²) < 4.78 is 14.5. The zero-order valence-electron chi connectivity index (χ0n) is 10.2. The summed E-state index contributed by atoms with van der Waals surface area (Å²) in [4.78, 5) is 23.3. The van der Waals surface area contributed by atoms with Gasteiger partial charge in [-0.1, -0.05) is 0 Å². The summed E-state index contributed by atoms with van der Waals surface area (Å²) in [6.45, 7) is 0.945. The standard InChI is InChI=1S/C10H19NO6/c1-15-5-3-11(4-6-16-2)9(12)7-17-8-10(13)14/h3-8H2,1-2H3,(H,13,14). The highest BCUT2D eigenvalue weighted by Gasteiger charge is 2.13. The van der Waals surface area contributed by atoms with Gasteiger partial charge in [-0.3, -0.25) is 4.79 Å². The lowest BCUT2D eigenvalue weighted by Crippen LogP contribution is -2.39.